The van der Waals surface area contributed by atoms with E-state index in [1.54, 1.807) is 6.08 Å². The van der Waals surface area contributed by atoms with E-state index in [-0.39, 0.29) is 17.6 Å². The molecule has 1 saturated carbocycles. The van der Waals surface area contributed by atoms with Crippen molar-refractivity contribution in [3.8, 4) is 0 Å². The van der Waals surface area contributed by atoms with Gasteiger partial charge in [-0.15, -0.1) is 0 Å². The molecule has 1 spiro atoms. The number of carboxylic acids is 1. The molecule has 2 rings (SSSR count). The maximum absolute atomic E-state index is 11.2. The number of aliphatic hydroxyl groups is 2. The standard InChI is InChI=1S/C20H34O4/c1-13(12-21)5-4-6-14(2)17-8-7-15(3)20(17)10-9-16(19(23)24)18(22)11-20/h9,13-15,17-18,21-22H,4-8,10-12H2,1-3H3,(H,23,24)/t13-,14+,15-,17+,18-,20-/m1/s1. The minimum absolute atomic E-state index is 0.0559. The molecule has 2 aliphatic carbocycles. The van der Waals surface area contributed by atoms with Crippen LogP contribution in [-0.4, -0.2) is 34.0 Å². The summed E-state index contributed by atoms with van der Waals surface area (Å²) < 4.78 is 0. The third-order valence-electron chi connectivity index (χ3n) is 6.87. The Labute approximate surface area is 146 Å². The molecular formula is C20H34O4. The molecule has 4 nitrogen and oxygen atoms in total. The smallest absolute Gasteiger partial charge is 0.333 e. The summed E-state index contributed by atoms with van der Waals surface area (Å²) in [4.78, 5) is 11.2. The van der Waals surface area contributed by atoms with Crippen molar-refractivity contribution >= 4 is 5.97 Å². The topological polar surface area (TPSA) is 77.8 Å². The van der Waals surface area contributed by atoms with E-state index in [1.165, 1.54) is 12.8 Å². The zero-order valence-electron chi connectivity index (χ0n) is 15.4. The summed E-state index contributed by atoms with van der Waals surface area (Å²) in [7, 11) is 0. The zero-order valence-corrected chi connectivity index (χ0v) is 15.4. The van der Waals surface area contributed by atoms with Crippen molar-refractivity contribution in [3.63, 3.8) is 0 Å². The Morgan fingerprint density at radius 2 is 2.04 bits per heavy atom. The molecule has 4 heteroatoms. The molecule has 24 heavy (non-hydrogen) atoms. The molecule has 0 bridgehead atoms. The van der Waals surface area contributed by atoms with Crippen LogP contribution in [0.25, 0.3) is 0 Å². The minimum Gasteiger partial charge on any atom is -0.478 e. The van der Waals surface area contributed by atoms with Crippen LogP contribution in [-0.2, 0) is 4.79 Å². The van der Waals surface area contributed by atoms with Crippen LogP contribution in [0.15, 0.2) is 11.6 Å². The number of hydrogen-bond acceptors (Lipinski definition) is 3. The molecule has 0 unspecified atom stereocenters. The lowest BCUT2D eigenvalue weighted by molar-refractivity contribution is -0.134. The Hall–Kier alpha value is -0.870. The van der Waals surface area contributed by atoms with Gasteiger partial charge in [0.25, 0.3) is 0 Å². The number of rotatable bonds is 7. The van der Waals surface area contributed by atoms with Gasteiger partial charge in [-0.1, -0.05) is 39.7 Å². The third-order valence-corrected chi connectivity index (χ3v) is 6.87. The molecule has 0 aromatic carbocycles. The van der Waals surface area contributed by atoms with Crippen LogP contribution in [0, 0.1) is 29.1 Å². The van der Waals surface area contributed by atoms with Gasteiger partial charge >= 0.3 is 5.97 Å². The first-order chi connectivity index (χ1) is 11.3. The van der Waals surface area contributed by atoms with Gasteiger partial charge in [0.15, 0.2) is 0 Å². The van der Waals surface area contributed by atoms with Crippen molar-refractivity contribution in [2.24, 2.45) is 29.1 Å². The molecule has 1 fully saturated rings. The predicted molar refractivity (Wildman–Crippen MR) is 94.5 cm³/mol. The molecular weight excluding hydrogens is 304 g/mol. The molecule has 6 atom stereocenters. The fourth-order valence-corrected chi connectivity index (χ4v) is 5.23. The lowest BCUT2D eigenvalue weighted by Crippen LogP contribution is -2.41. The fraction of sp³-hybridized carbons (Fsp3) is 0.850. The average Bonchev–Trinajstić information content (AvgIpc) is 2.83. The summed E-state index contributed by atoms with van der Waals surface area (Å²) in [6, 6.07) is 0. The Morgan fingerprint density at radius 1 is 1.33 bits per heavy atom. The van der Waals surface area contributed by atoms with E-state index in [2.05, 4.69) is 20.8 Å². The van der Waals surface area contributed by atoms with E-state index in [1.807, 2.05) is 0 Å². The van der Waals surface area contributed by atoms with Crippen molar-refractivity contribution in [3.05, 3.63) is 11.6 Å². The van der Waals surface area contributed by atoms with Gasteiger partial charge in [0.1, 0.15) is 0 Å². The summed E-state index contributed by atoms with van der Waals surface area (Å²) in [5.41, 5.74) is 0.239. The number of hydrogen-bond donors (Lipinski definition) is 3. The first-order valence-electron chi connectivity index (χ1n) is 9.54. The van der Waals surface area contributed by atoms with Crippen molar-refractivity contribution < 1.29 is 20.1 Å². The van der Waals surface area contributed by atoms with Crippen LogP contribution in [0.4, 0.5) is 0 Å². The second-order valence-corrected chi connectivity index (χ2v) is 8.40. The molecule has 0 radical (unpaired) electrons. The monoisotopic (exact) mass is 338 g/mol. The van der Waals surface area contributed by atoms with Gasteiger partial charge < -0.3 is 15.3 Å². The second kappa shape index (κ2) is 8.01. The number of aliphatic carboxylic acids is 1. The molecule has 0 aliphatic heterocycles. The van der Waals surface area contributed by atoms with Gasteiger partial charge in [0, 0.05) is 6.61 Å². The summed E-state index contributed by atoms with van der Waals surface area (Å²) in [6.45, 7) is 6.93. The summed E-state index contributed by atoms with van der Waals surface area (Å²) >= 11 is 0. The van der Waals surface area contributed by atoms with E-state index in [0.29, 0.717) is 30.1 Å². The highest BCUT2D eigenvalue weighted by Crippen LogP contribution is 2.58. The summed E-state index contributed by atoms with van der Waals surface area (Å²) in [5.74, 6) is 1.05. The number of aliphatic hydroxyl groups excluding tert-OH is 2. The quantitative estimate of drug-likeness (QED) is 0.662. The van der Waals surface area contributed by atoms with Crippen molar-refractivity contribution in [1.82, 2.24) is 0 Å². The molecule has 0 aromatic heterocycles. The first kappa shape index (κ1) is 19.5. The van der Waals surface area contributed by atoms with Gasteiger partial charge in [0.05, 0.1) is 11.7 Å². The van der Waals surface area contributed by atoms with E-state index in [9.17, 15) is 15.0 Å². The first-order valence-corrected chi connectivity index (χ1v) is 9.54. The van der Waals surface area contributed by atoms with Crippen LogP contribution >= 0.6 is 0 Å². The van der Waals surface area contributed by atoms with Crippen molar-refractivity contribution in [1.29, 1.82) is 0 Å². The van der Waals surface area contributed by atoms with Gasteiger partial charge in [-0.05, 0) is 61.2 Å². The Morgan fingerprint density at radius 3 is 2.62 bits per heavy atom. The highest BCUT2D eigenvalue weighted by Gasteiger charge is 2.51. The lowest BCUT2D eigenvalue weighted by atomic mass is 9.60. The van der Waals surface area contributed by atoms with Gasteiger partial charge in [-0.2, -0.15) is 0 Å². The highest BCUT2D eigenvalue weighted by molar-refractivity contribution is 5.87. The van der Waals surface area contributed by atoms with Crippen LogP contribution < -0.4 is 0 Å². The van der Waals surface area contributed by atoms with Crippen LogP contribution in [0.3, 0.4) is 0 Å². The lowest BCUT2D eigenvalue weighted by Gasteiger charge is -2.45. The van der Waals surface area contributed by atoms with E-state index in [4.69, 9.17) is 5.11 Å². The fourth-order valence-electron chi connectivity index (χ4n) is 5.23. The molecule has 138 valence electrons. The van der Waals surface area contributed by atoms with E-state index >= 15 is 0 Å². The maximum Gasteiger partial charge on any atom is 0.333 e. The Kier molecular flexibility index (Phi) is 6.49. The Bertz CT molecular complexity index is 472. The number of allylic oxidation sites excluding steroid dienone is 1. The van der Waals surface area contributed by atoms with Crippen LogP contribution in [0.1, 0.15) is 65.7 Å². The van der Waals surface area contributed by atoms with Gasteiger partial charge in [-0.3, -0.25) is 0 Å². The van der Waals surface area contributed by atoms with Crippen molar-refractivity contribution in [2.45, 2.75) is 71.8 Å². The third kappa shape index (κ3) is 3.85. The van der Waals surface area contributed by atoms with Gasteiger partial charge in [-0.25, -0.2) is 4.79 Å². The summed E-state index contributed by atoms with van der Waals surface area (Å²) in [5, 5.41) is 28.8. The Balaban J connectivity index is 2.06. The predicted octanol–water partition coefficient (Wildman–Crippen LogP) is 3.62. The van der Waals surface area contributed by atoms with E-state index < -0.39 is 12.1 Å². The van der Waals surface area contributed by atoms with Gasteiger partial charge in [0.2, 0.25) is 0 Å². The highest BCUT2D eigenvalue weighted by atomic mass is 16.4. The number of carboxylic acid groups (broad SMARTS) is 1. The normalized spacial score (nSPS) is 35.7. The van der Waals surface area contributed by atoms with Crippen LogP contribution in [0.5, 0.6) is 0 Å². The molecule has 0 heterocycles. The zero-order chi connectivity index (χ0) is 17.9. The number of carbonyl (C=O) groups is 1. The molecule has 3 N–H and O–H groups in total. The van der Waals surface area contributed by atoms with Crippen LogP contribution in [0.2, 0.25) is 0 Å². The minimum atomic E-state index is -0.981. The van der Waals surface area contributed by atoms with E-state index in [0.717, 1.165) is 25.7 Å². The maximum atomic E-state index is 11.2. The molecule has 0 aromatic rings. The largest absolute Gasteiger partial charge is 0.478 e. The molecule has 0 amide bonds. The molecule has 2 aliphatic rings. The van der Waals surface area contributed by atoms with Crippen molar-refractivity contribution in [2.75, 3.05) is 6.61 Å². The SMILES string of the molecule is C[C@@H](CO)CCC[C@H](C)[C@@H]1CC[C@@H](C)[C@]12CC=C(C(=O)O)[C@H](O)C2. The molecule has 0 saturated heterocycles. The second-order valence-electron chi connectivity index (χ2n) is 8.40. The summed E-state index contributed by atoms with van der Waals surface area (Å²) in [6.07, 6.45) is 8.02. The average molecular weight is 338 g/mol.